The summed E-state index contributed by atoms with van der Waals surface area (Å²) in [5, 5.41) is 0. The smallest absolute Gasteiger partial charge is 0.236 e. The van der Waals surface area contributed by atoms with Gasteiger partial charge in [-0.05, 0) is 36.8 Å². The molecule has 114 valence electrons. The van der Waals surface area contributed by atoms with Gasteiger partial charge in [-0.15, -0.1) is 0 Å². The van der Waals surface area contributed by atoms with Gasteiger partial charge in [0.15, 0.2) is 0 Å². The van der Waals surface area contributed by atoms with Crippen molar-refractivity contribution in [2.75, 3.05) is 32.7 Å². The molecule has 2 N–H and O–H groups in total. The molecular formula is C17H25N3O. The van der Waals surface area contributed by atoms with Crippen LogP contribution in [0.5, 0.6) is 0 Å². The third kappa shape index (κ3) is 3.11. The molecule has 1 amide bonds. The number of piperidine rings is 1. The predicted octanol–water partition coefficient (Wildman–Crippen LogP) is 1.56. The molecule has 0 aromatic heterocycles. The van der Waals surface area contributed by atoms with Crippen molar-refractivity contribution >= 4 is 5.91 Å². The Bertz CT molecular complexity index is 497. The molecule has 0 radical (unpaired) electrons. The van der Waals surface area contributed by atoms with E-state index >= 15 is 0 Å². The van der Waals surface area contributed by atoms with Crippen LogP contribution in [0.4, 0.5) is 0 Å². The quantitative estimate of drug-likeness (QED) is 0.918. The molecule has 4 nitrogen and oxygen atoms in total. The summed E-state index contributed by atoms with van der Waals surface area (Å²) in [6, 6.07) is 8.67. The van der Waals surface area contributed by atoms with E-state index in [1.807, 2.05) is 4.90 Å². The average molecular weight is 287 g/mol. The summed E-state index contributed by atoms with van der Waals surface area (Å²) in [5.74, 6) is 0.271. The third-order valence-corrected chi connectivity index (χ3v) is 4.79. The Morgan fingerprint density at radius 2 is 1.90 bits per heavy atom. The number of amides is 1. The number of nitrogens with two attached hydrogens (primary N) is 1. The van der Waals surface area contributed by atoms with Crippen molar-refractivity contribution in [3.05, 3.63) is 35.4 Å². The molecular weight excluding hydrogens is 262 g/mol. The Morgan fingerprint density at radius 3 is 2.67 bits per heavy atom. The van der Waals surface area contributed by atoms with Gasteiger partial charge in [0.05, 0.1) is 6.54 Å². The molecule has 2 heterocycles. The lowest BCUT2D eigenvalue weighted by Crippen LogP contribution is -2.47. The van der Waals surface area contributed by atoms with Crippen molar-refractivity contribution < 1.29 is 4.79 Å². The Kier molecular flexibility index (Phi) is 4.56. The number of benzene rings is 1. The summed E-state index contributed by atoms with van der Waals surface area (Å²) in [6.45, 7) is 3.87. The number of nitrogens with zero attached hydrogens (tertiary/aromatic N) is 2. The summed E-state index contributed by atoms with van der Waals surface area (Å²) < 4.78 is 0. The fourth-order valence-corrected chi connectivity index (χ4v) is 3.59. The monoisotopic (exact) mass is 287 g/mol. The highest BCUT2D eigenvalue weighted by molar-refractivity contribution is 5.78. The lowest BCUT2D eigenvalue weighted by Gasteiger charge is -2.38. The second-order valence-electron chi connectivity index (χ2n) is 6.11. The van der Waals surface area contributed by atoms with Crippen LogP contribution in [0.2, 0.25) is 0 Å². The van der Waals surface area contributed by atoms with Crippen LogP contribution in [0.1, 0.15) is 36.4 Å². The van der Waals surface area contributed by atoms with Gasteiger partial charge in [-0.3, -0.25) is 9.69 Å². The third-order valence-electron chi connectivity index (χ3n) is 4.79. The lowest BCUT2D eigenvalue weighted by atomic mass is 9.92. The van der Waals surface area contributed by atoms with Crippen LogP contribution in [-0.2, 0) is 11.2 Å². The van der Waals surface area contributed by atoms with Gasteiger partial charge in [0.1, 0.15) is 0 Å². The largest absolute Gasteiger partial charge is 0.342 e. The van der Waals surface area contributed by atoms with Crippen LogP contribution < -0.4 is 5.73 Å². The molecule has 0 spiro atoms. The second kappa shape index (κ2) is 6.58. The van der Waals surface area contributed by atoms with E-state index in [-0.39, 0.29) is 11.9 Å². The van der Waals surface area contributed by atoms with Gasteiger partial charge in [0.25, 0.3) is 0 Å². The number of fused-ring (bicyclic) bond motifs is 1. The van der Waals surface area contributed by atoms with E-state index in [2.05, 4.69) is 29.2 Å². The molecule has 1 fully saturated rings. The molecule has 1 unspecified atom stereocenters. The summed E-state index contributed by atoms with van der Waals surface area (Å²) >= 11 is 0. The first kappa shape index (κ1) is 14.5. The van der Waals surface area contributed by atoms with Crippen molar-refractivity contribution in [1.29, 1.82) is 0 Å². The van der Waals surface area contributed by atoms with Gasteiger partial charge in [-0.1, -0.05) is 24.3 Å². The molecule has 0 aliphatic carbocycles. The van der Waals surface area contributed by atoms with E-state index in [0.717, 1.165) is 38.9 Å². The van der Waals surface area contributed by atoms with Gasteiger partial charge < -0.3 is 10.6 Å². The first-order valence-electron chi connectivity index (χ1n) is 8.09. The van der Waals surface area contributed by atoms with E-state index < -0.39 is 0 Å². The highest BCUT2D eigenvalue weighted by Gasteiger charge is 2.29. The molecule has 2 aliphatic rings. The SMILES string of the molecule is NCC1c2ccccc2CCN1CC(=O)N1CCCCC1. The van der Waals surface area contributed by atoms with E-state index in [1.165, 1.54) is 17.5 Å². The van der Waals surface area contributed by atoms with E-state index in [4.69, 9.17) is 5.73 Å². The van der Waals surface area contributed by atoms with Crippen LogP contribution in [0.15, 0.2) is 24.3 Å². The van der Waals surface area contributed by atoms with Gasteiger partial charge >= 0.3 is 0 Å². The summed E-state index contributed by atoms with van der Waals surface area (Å²) in [6.07, 6.45) is 4.57. The highest BCUT2D eigenvalue weighted by atomic mass is 16.2. The zero-order chi connectivity index (χ0) is 14.7. The lowest BCUT2D eigenvalue weighted by molar-refractivity contribution is -0.134. The minimum absolute atomic E-state index is 0.184. The van der Waals surface area contributed by atoms with Crippen LogP contribution in [-0.4, -0.2) is 48.4 Å². The minimum atomic E-state index is 0.184. The Hall–Kier alpha value is -1.39. The first-order valence-corrected chi connectivity index (χ1v) is 8.09. The Morgan fingerprint density at radius 1 is 1.14 bits per heavy atom. The van der Waals surface area contributed by atoms with Crippen LogP contribution >= 0.6 is 0 Å². The fraction of sp³-hybridized carbons (Fsp3) is 0.588. The molecule has 1 atom stereocenters. The van der Waals surface area contributed by atoms with E-state index in [1.54, 1.807) is 0 Å². The topological polar surface area (TPSA) is 49.6 Å². The average Bonchev–Trinajstić information content (AvgIpc) is 2.55. The van der Waals surface area contributed by atoms with Crippen LogP contribution in [0.3, 0.4) is 0 Å². The van der Waals surface area contributed by atoms with Crippen LogP contribution in [0.25, 0.3) is 0 Å². The molecule has 1 aromatic carbocycles. The van der Waals surface area contributed by atoms with Crippen molar-refractivity contribution in [1.82, 2.24) is 9.80 Å². The van der Waals surface area contributed by atoms with E-state index in [9.17, 15) is 4.79 Å². The Balaban J connectivity index is 1.69. The van der Waals surface area contributed by atoms with Gasteiger partial charge in [-0.2, -0.15) is 0 Å². The summed E-state index contributed by atoms with van der Waals surface area (Å²) in [5.41, 5.74) is 8.68. The number of rotatable bonds is 3. The van der Waals surface area contributed by atoms with Crippen molar-refractivity contribution in [3.8, 4) is 0 Å². The maximum atomic E-state index is 12.5. The van der Waals surface area contributed by atoms with Crippen molar-refractivity contribution in [2.24, 2.45) is 5.73 Å². The summed E-state index contributed by atoms with van der Waals surface area (Å²) in [7, 11) is 0. The van der Waals surface area contributed by atoms with Crippen LogP contribution in [0, 0.1) is 0 Å². The highest BCUT2D eigenvalue weighted by Crippen LogP contribution is 2.28. The van der Waals surface area contributed by atoms with Gasteiger partial charge in [0.2, 0.25) is 5.91 Å². The summed E-state index contributed by atoms with van der Waals surface area (Å²) in [4.78, 5) is 16.8. The molecule has 1 saturated heterocycles. The number of likely N-dealkylation sites (tertiary alicyclic amines) is 1. The number of hydrogen-bond donors (Lipinski definition) is 1. The van der Waals surface area contributed by atoms with Gasteiger partial charge in [-0.25, -0.2) is 0 Å². The molecule has 4 heteroatoms. The molecule has 2 aliphatic heterocycles. The molecule has 0 saturated carbocycles. The minimum Gasteiger partial charge on any atom is -0.342 e. The normalized spacial score (nSPS) is 22.9. The van der Waals surface area contributed by atoms with E-state index in [0.29, 0.717) is 13.1 Å². The first-order chi connectivity index (χ1) is 10.3. The van der Waals surface area contributed by atoms with Crippen molar-refractivity contribution in [3.63, 3.8) is 0 Å². The molecule has 1 aromatic rings. The predicted molar refractivity (Wildman–Crippen MR) is 83.9 cm³/mol. The number of carbonyl (C=O) groups excluding carboxylic acids is 1. The Labute approximate surface area is 126 Å². The number of hydrogen-bond acceptors (Lipinski definition) is 3. The molecule has 21 heavy (non-hydrogen) atoms. The maximum absolute atomic E-state index is 12.5. The van der Waals surface area contributed by atoms with Gasteiger partial charge in [0, 0.05) is 32.2 Å². The standard InChI is InChI=1S/C17H25N3O/c18-12-16-15-7-3-2-6-14(15)8-11-20(16)13-17(21)19-9-4-1-5-10-19/h2-3,6-7,16H,1,4-5,8-13,18H2. The molecule has 0 bridgehead atoms. The van der Waals surface area contributed by atoms with Crippen molar-refractivity contribution in [2.45, 2.75) is 31.7 Å². The molecule has 3 rings (SSSR count). The second-order valence-corrected chi connectivity index (χ2v) is 6.11. The number of carbonyl (C=O) groups is 1. The zero-order valence-corrected chi connectivity index (χ0v) is 12.6. The fourth-order valence-electron chi connectivity index (χ4n) is 3.59. The zero-order valence-electron chi connectivity index (χ0n) is 12.6. The maximum Gasteiger partial charge on any atom is 0.236 e.